The van der Waals surface area contributed by atoms with Gasteiger partial charge < -0.3 is 27.0 Å². The predicted molar refractivity (Wildman–Crippen MR) is 45.9 cm³/mol. The molecule has 4 atom stereocenters. The largest absolute Gasteiger partial charge is 1.00 e. The van der Waals surface area contributed by atoms with E-state index in [0.717, 1.165) is 5.37 Å². The van der Waals surface area contributed by atoms with Crippen LogP contribution in [0.3, 0.4) is 0 Å². The maximum absolute atomic E-state index is 9.02. The zero-order valence-corrected chi connectivity index (χ0v) is 10.1. The van der Waals surface area contributed by atoms with Gasteiger partial charge in [0.1, 0.15) is 24.4 Å². The fraction of sp³-hybridized carbons (Fsp3) is 0.833. The quantitative estimate of drug-likeness (QED) is 0.234. The molecule has 13 heavy (non-hydrogen) atoms. The fourth-order valence-corrected chi connectivity index (χ4v) is 0.779. The SMILES string of the molecule is OC[C@@H](O)[C@@H](O)[C@H](O)[C@@H](O)C=S.[H-].[Na+]. The first kappa shape index (κ1) is 16.3. The van der Waals surface area contributed by atoms with Gasteiger partial charge in [-0.3, -0.25) is 0 Å². The standard InChI is InChI=1S/C6H12O5S.Na.H/c7-1-3(8)5(10)6(11)4(9)2-12;;/h2-11H,1H2;;/q;+1;-1/t3-,4+,5-,6-;;/m1../s1. The van der Waals surface area contributed by atoms with Gasteiger partial charge in [0.05, 0.1) is 6.61 Å². The molecule has 0 heterocycles. The normalized spacial score (nSPS) is 19.5. The van der Waals surface area contributed by atoms with Crippen LogP contribution in [0.4, 0.5) is 0 Å². The van der Waals surface area contributed by atoms with E-state index < -0.39 is 31.0 Å². The Hall–Kier alpha value is 0.890. The van der Waals surface area contributed by atoms with Crippen molar-refractivity contribution < 1.29 is 56.5 Å². The topological polar surface area (TPSA) is 101 Å². The maximum atomic E-state index is 9.02. The van der Waals surface area contributed by atoms with Gasteiger partial charge in [-0.1, -0.05) is 12.2 Å². The van der Waals surface area contributed by atoms with E-state index >= 15 is 0 Å². The summed E-state index contributed by atoms with van der Waals surface area (Å²) < 4.78 is 0. The minimum atomic E-state index is -1.61. The van der Waals surface area contributed by atoms with Crippen LogP contribution in [0, 0.1) is 0 Å². The Labute approximate surface area is 105 Å². The van der Waals surface area contributed by atoms with Crippen molar-refractivity contribution in [1.29, 1.82) is 0 Å². The summed E-state index contributed by atoms with van der Waals surface area (Å²) in [7, 11) is 0. The van der Waals surface area contributed by atoms with Gasteiger partial charge in [0, 0.05) is 5.37 Å². The number of hydrogen-bond acceptors (Lipinski definition) is 6. The number of aliphatic hydroxyl groups is 5. The molecule has 0 fully saturated rings. The Balaban J connectivity index is -0.000000605. The first-order chi connectivity index (χ1) is 5.54. The number of hydrogen-bond donors (Lipinski definition) is 5. The third kappa shape index (κ3) is 5.36. The minimum absolute atomic E-state index is 0. The monoisotopic (exact) mass is 220 g/mol. The van der Waals surface area contributed by atoms with Crippen LogP contribution >= 0.6 is 12.2 Å². The molecular formula is C6H13NaO5S. The van der Waals surface area contributed by atoms with Crippen LogP contribution in [-0.4, -0.2) is 61.9 Å². The zero-order chi connectivity index (χ0) is 9.72. The van der Waals surface area contributed by atoms with Crippen molar-refractivity contribution in [3.05, 3.63) is 0 Å². The third-order valence-corrected chi connectivity index (χ3v) is 1.70. The molecule has 0 aliphatic heterocycles. The molecule has 0 aromatic carbocycles. The Morgan fingerprint density at radius 3 is 1.92 bits per heavy atom. The van der Waals surface area contributed by atoms with Gasteiger partial charge in [0.25, 0.3) is 0 Å². The second-order valence-electron chi connectivity index (χ2n) is 2.36. The van der Waals surface area contributed by atoms with E-state index in [-0.39, 0.29) is 31.0 Å². The van der Waals surface area contributed by atoms with Crippen molar-refractivity contribution in [1.82, 2.24) is 0 Å². The van der Waals surface area contributed by atoms with Gasteiger partial charge in [0.2, 0.25) is 0 Å². The van der Waals surface area contributed by atoms with Crippen LogP contribution < -0.4 is 29.6 Å². The average Bonchev–Trinajstić information content (AvgIpc) is 2.12. The van der Waals surface area contributed by atoms with Gasteiger partial charge in [-0.15, -0.1) is 0 Å². The van der Waals surface area contributed by atoms with Crippen LogP contribution in [0.15, 0.2) is 0 Å². The van der Waals surface area contributed by atoms with Gasteiger partial charge in [-0.2, -0.15) is 0 Å². The van der Waals surface area contributed by atoms with E-state index in [1.807, 2.05) is 0 Å². The number of rotatable bonds is 5. The number of aliphatic hydroxyl groups excluding tert-OH is 5. The van der Waals surface area contributed by atoms with E-state index in [0.29, 0.717) is 0 Å². The van der Waals surface area contributed by atoms with Crippen LogP contribution in [0.1, 0.15) is 1.43 Å². The summed E-state index contributed by atoms with van der Waals surface area (Å²) in [4.78, 5) is 0. The Morgan fingerprint density at radius 2 is 1.62 bits per heavy atom. The Bertz CT molecular complexity index is 152. The molecule has 0 saturated heterocycles. The molecule has 0 bridgehead atoms. The molecule has 74 valence electrons. The molecule has 0 spiro atoms. The molecule has 5 nitrogen and oxygen atoms in total. The fourth-order valence-electron chi connectivity index (χ4n) is 0.618. The second kappa shape index (κ2) is 8.22. The molecule has 5 N–H and O–H groups in total. The van der Waals surface area contributed by atoms with Crippen LogP contribution in [0.25, 0.3) is 0 Å². The van der Waals surface area contributed by atoms with Gasteiger partial charge in [0.15, 0.2) is 0 Å². The maximum Gasteiger partial charge on any atom is 1.00 e. The molecule has 0 aromatic rings. The summed E-state index contributed by atoms with van der Waals surface area (Å²) in [6, 6.07) is 0. The van der Waals surface area contributed by atoms with Gasteiger partial charge >= 0.3 is 29.6 Å². The summed E-state index contributed by atoms with van der Waals surface area (Å²) >= 11 is 4.30. The average molecular weight is 220 g/mol. The van der Waals surface area contributed by atoms with Crippen LogP contribution in [0.5, 0.6) is 0 Å². The second-order valence-corrected chi connectivity index (χ2v) is 2.63. The van der Waals surface area contributed by atoms with E-state index in [1.165, 1.54) is 0 Å². The summed E-state index contributed by atoms with van der Waals surface area (Å²) in [6.45, 7) is -0.692. The van der Waals surface area contributed by atoms with Gasteiger partial charge in [-0.05, 0) is 0 Å². The molecule has 7 heteroatoms. The minimum Gasteiger partial charge on any atom is -1.00 e. The van der Waals surface area contributed by atoms with Crippen LogP contribution in [-0.2, 0) is 0 Å². The predicted octanol–water partition coefficient (Wildman–Crippen LogP) is -5.46. The molecule has 0 saturated carbocycles. The first-order valence-electron chi connectivity index (χ1n) is 3.33. The molecule has 0 unspecified atom stereocenters. The molecular weight excluding hydrogens is 207 g/mol. The van der Waals surface area contributed by atoms with Crippen molar-refractivity contribution in [3.63, 3.8) is 0 Å². The molecule has 0 radical (unpaired) electrons. The van der Waals surface area contributed by atoms with Crippen LogP contribution in [0.2, 0.25) is 0 Å². The molecule has 0 aliphatic carbocycles. The zero-order valence-electron chi connectivity index (χ0n) is 8.24. The third-order valence-electron chi connectivity index (χ3n) is 1.42. The summed E-state index contributed by atoms with van der Waals surface area (Å²) in [6.07, 6.45) is -6.06. The van der Waals surface area contributed by atoms with Crippen molar-refractivity contribution in [2.75, 3.05) is 6.61 Å². The number of thiocarbonyl (C=S) groups is 1. The van der Waals surface area contributed by atoms with Crippen molar-refractivity contribution in [3.8, 4) is 0 Å². The van der Waals surface area contributed by atoms with E-state index in [4.69, 9.17) is 25.5 Å². The summed E-state index contributed by atoms with van der Waals surface area (Å²) in [5.41, 5.74) is 0. The van der Waals surface area contributed by atoms with E-state index in [2.05, 4.69) is 12.2 Å². The van der Waals surface area contributed by atoms with Crippen molar-refractivity contribution >= 4 is 17.6 Å². The van der Waals surface area contributed by atoms with Crippen molar-refractivity contribution in [2.24, 2.45) is 0 Å². The summed E-state index contributed by atoms with van der Waals surface area (Å²) in [5, 5.41) is 44.9. The molecule has 0 rings (SSSR count). The van der Waals surface area contributed by atoms with E-state index in [1.54, 1.807) is 0 Å². The van der Waals surface area contributed by atoms with Crippen molar-refractivity contribution in [2.45, 2.75) is 24.4 Å². The smallest absolute Gasteiger partial charge is 1.00 e. The Morgan fingerprint density at radius 1 is 1.15 bits per heavy atom. The summed E-state index contributed by atoms with van der Waals surface area (Å²) in [5.74, 6) is 0. The van der Waals surface area contributed by atoms with Gasteiger partial charge in [-0.25, -0.2) is 0 Å². The first-order valence-corrected chi connectivity index (χ1v) is 3.80. The van der Waals surface area contributed by atoms with E-state index in [9.17, 15) is 0 Å². The molecule has 0 amide bonds. The molecule has 0 aromatic heterocycles. The Kier molecular flexibility index (Phi) is 10.3. The molecule has 0 aliphatic rings.